The fourth-order valence-corrected chi connectivity index (χ4v) is 3.80. The average Bonchev–Trinajstić information content (AvgIpc) is 2.91. The summed E-state index contributed by atoms with van der Waals surface area (Å²) in [7, 11) is 0. The predicted molar refractivity (Wildman–Crippen MR) is 73.5 cm³/mol. The quantitative estimate of drug-likeness (QED) is 0.742. The van der Waals surface area contributed by atoms with Crippen LogP contribution in [0.25, 0.3) is 10.9 Å². The van der Waals surface area contributed by atoms with Crippen molar-refractivity contribution in [1.82, 2.24) is 9.88 Å². The van der Waals surface area contributed by atoms with Crippen LogP contribution in [0.1, 0.15) is 30.6 Å². The van der Waals surface area contributed by atoms with E-state index in [-0.39, 0.29) is 0 Å². The van der Waals surface area contributed by atoms with Crippen molar-refractivity contribution in [1.29, 1.82) is 0 Å². The largest absolute Gasteiger partial charge is 0.357 e. The Morgan fingerprint density at radius 2 is 2.17 bits per heavy atom. The van der Waals surface area contributed by atoms with E-state index in [1.54, 1.807) is 0 Å². The molecule has 3 heteroatoms. The molecule has 3 N–H and O–H groups in total. The van der Waals surface area contributed by atoms with Gasteiger partial charge in [-0.15, -0.1) is 0 Å². The average molecular weight is 241 g/mol. The van der Waals surface area contributed by atoms with E-state index >= 15 is 0 Å². The van der Waals surface area contributed by atoms with Crippen molar-refractivity contribution in [3.05, 3.63) is 35.5 Å². The van der Waals surface area contributed by atoms with E-state index in [0.29, 0.717) is 18.1 Å². The molecule has 1 saturated heterocycles. The summed E-state index contributed by atoms with van der Waals surface area (Å²) in [5, 5.41) is 1.40. The highest BCUT2D eigenvalue weighted by atomic mass is 15.2. The van der Waals surface area contributed by atoms with Gasteiger partial charge < -0.3 is 10.7 Å². The molecule has 2 aliphatic heterocycles. The number of nitrogens with one attached hydrogen (secondary N) is 1. The fourth-order valence-electron chi connectivity index (χ4n) is 3.80. The van der Waals surface area contributed by atoms with E-state index in [0.717, 1.165) is 19.4 Å². The van der Waals surface area contributed by atoms with Crippen LogP contribution in [-0.4, -0.2) is 28.5 Å². The number of nitrogens with zero attached hydrogens (tertiary/aromatic N) is 1. The summed E-state index contributed by atoms with van der Waals surface area (Å²) in [5.41, 5.74) is 10.4. The van der Waals surface area contributed by atoms with Gasteiger partial charge in [0.1, 0.15) is 0 Å². The number of H-pyrrole nitrogens is 1. The summed E-state index contributed by atoms with van der Waals surface area (Å²) < 4.78 is 0. The van der Waals surface area contributed by atoms with E-state index in [9.17, 15) is 0 Å². The van der Waals surface area contributed by atoms with Crippen molar-refractivity contribution in [2.45, 2.75) is 37.9 Å². The second-order valence-electron chi connectivity index (χ2n) is 5.82. The molecule has 3 unspecified atom stereocenters. The number of aromatic nitrogens is 1. The summed E-state index contributed by atoms with van der Waals surface area (Å²) in [5.74, 6) is 0. The van der Waals surface area contributed by atoms with Crippen LogP contribution in [0.5, 0.6) is 0 Å². The zero-order valence-electron chi connectivity index (χ0n) is 10.7. The van der Waals surface area contributed by atoms with Crippen LogP contribution in [0.15, 0.2) is 24.3 Å². The maximum absolute atomic E-state index is 6.15. The Morgan fingerprint density at radius 1 is 1.33 bits per heavy atom. The number of nitrogens with two attached hydrogens (primary N) is 1. The first-order chi connectivity index (χ1) is 8.74. The molecule has 0 radical (unpaired) electrons. The molecule has 3 heterocycles. The normalized spacial score (nSPS) is 31.6. The van der Waals surface area contributed by atoms with E-state index in [4.69, 9.17) is 5.73 Å². The minimum absolute atomic E-state index is 0.329. The highest BCUT2D eigenvalue weighted by Crippen LogP contribution is 2.42. The maximum Gasteiger partial charge on any atom is 0.0520 e. The number of rotatable bonds is 0. The third-order valence-electron chi connectivity index (χ3n) is 4.62. The lowest BCUT2D eigenvalue weighted by atomic mass is 9.93. The molecule has 1 fully saturated rings. The van der Waals surface area contributed by atoms with Gasteiger partial charge in [-0.1, -0.05) is 18.2 Å². The lowest BCUT2D eigenvalue weighted by Gasteiger charge is -2.35. The highest BCUT2D eigenvalue weighted by molar-refractivity contribution is 5.85. The molecule has 2 aromatic rings. The van der Waals surface area contributed by atoms with Gasteiger partial charge in [-0.2, -0.15) is 0 Å². The van der Waals surface area contributed by atoms with Gasteiger partial charge in [0, 0.05) is 35.2 Å². The first-order valence-corrected chi connectivity index (χ1v) is 6.85. The summed E-state index contributed by atoms with van der Waals surface area (Å²) in [6.07, 6.45) is 2.23. The van der Waals surface area contributed by atoms with Gasteiger partial charge in [0.25, 0.3) is 0 Å². The Labute approximate surface area is 107 Å². The Morgan fingerprint density at radius 3 is 3.06 bits per heavy atom. The molecule has 3 atom stereocenters. The minimum atomic E-state index is 0.329. The molecule has 0 bridgehead atoms. The molecular weight excluding hydrogens is 222 g/mol. The molecule has 2 aliphatic rings. The molecule has 0 spiro atoms. The zero-order valence-corrected chi connectivity index (χ0v) is 10.7. The van der Waals surface area contributed by atoms with Crippen molar-refractivity contribution < 1.29 is 0 Å². The monoisotopic (exact) mass is 241 g/mol. The van der Waals surface area contributed by atoms with Crippen LogP contribution in [0.2, 0.25) is 0 Å². The van der Waals surface area contributed by atoms with Crippen molar-refractivity contribution in [3.8, 4) is 0 Å². The number of fused-ring (bicyclic) bond motifs is 5. The van der Waals surface area contributed by atoms with Gasteiger partial charge in [-0.3, -0.25) is 4.90 Å². The molecule has 0 saturated carbocycles. The standard InChI is InChI=1S/C15H19N3/c1-9-6-12-11-4-2-3-5-13(11)17-15(12)14-7-10(16)8-18(9)14/h2-5,9-10,14,17H,6-8,16H2,1H3. The van der Waals surface area contributed by atoms with Crippen LogP contribution >= 0.6 is 0 Å². The van der Waals surface area contributed by atoms with E-state index in [1.807, 2.05) is 0 Å². The topological polar surface area (TPSA) is 45.1 Å². The molecule has 94 valence electrons. The van der Waals surface area contributed by atoms with Crippen LogP contribution in [0, 0.1) is 0 Å². The van der Waals surface area contributed by atoms with Gasteiger partial charge in [-0.25, -0.2) is 0 Å². The predicted octanol–water partition coefficient (Wildman–Crippen LogP) is 2.19. The fraction of sp³-hybridized carbons (Fsp3) is 0.467. The number of hydrogen-bond donors (Lipinski definition) is 2. The molecule has 1 aromatic heterocycles. The second-order valence-corrected chi connectivity index (χ2v) is 5.82. The molecule has 1 aromatic carbocycles. The summed E-state index contributed by atoms with van der Waals surface area (Å²) >= 11 is 0. The van der Waals surface area contributed by atoms with Gasteiger partial charge >= 0.3 is 0 Å². The third-order valence-corrected chi connectivity index (χ3v) is 4.62. The number of benzene rings is 1. The number of hydrogen-bond acceptors (Lipinski definition) is 2. The summed E-state index contributed by atoms with van der Waals surface area (Å²) in [4.78, 5) is 6.20. The lowest BCUT2D eigenvalue weighted by Crippen LogP contribution is -2.39. The van der Waals surface area contributed by atoms with Crippen LogP contribution in [0.3, 0.4) is 0 Å². The molecule has 4 rings (SSSR count). The SMILES string of the molecule is CC1Cc2c([nH]c3ccccc23)C2CC(N)CN12. The Bertz CT molecular complexity index is 601. The van der Waals surface area contributed by atoms with E-state index in [2.05, 4.69) is 41.1 Å². The molecule has 0 aliphatic carbocycles. The minimum Gasteiger partial charge on any atom is -0.357 e. The number of aromatic amines is 1. The summed E-state index contributed by atoms with van der Waals surface area (Å²) in [6, 6.07) is 10.1. The lowest BCUT2D eigenvalue weighted by molar-refractivity contribution is 0.172. The van der Waals surface area contributed by atoms with Crippen molar-refractivity contribution >= 4 is 10.9 Å². The van der Waals surface area contributed by atoms with Crippen LogP contribution < -0.4 is 5.73 Å². The van der Waals surface area contributed by atoms with Crippen molar-refractivity contribution in [2.24, 2.45) is 5.73 Å². The Hall–Kier alpha value is -1.32. The van der Waals surface area contributed by atoms with Crippen LogP contribution in [-0.2, 0) is 6.42 Å². The van der Waals surface area contributed by atoms with E-state index in [1.165, 1.54) is 22.2 Å². The van der Waals surface area contributed by atoms with Gasteiger partial charge in [0.2, 0.25) is 0 Å². The van der Waals surface area contributed by atoms with E-state index < -0.39 is 0 Å². The smallest absolute Gasteiger partial charge is 0.0520 e. The molecule has 18 heavy (non-hydrogen) atoms. The molecule has 3 nitrogen and oxygen atoms in total. The zero-order chi connectivity index (χ0) is 12.3. The van der Waals surface area contributed by atoms with Gasteiger partial charge in [-0.05, 0) is 31.4 Å². The summed E-state index contributed by atoms with van der Waals surface area (Å²) in [6.45, 7) is 3.37. The maximum atomic E-state index is 6.15. The molecule has 0 amide bonds. The number of para-hydroxylation sites is 1. The van der Waals surface area contributed by atoms with Gasteiger partial charge in [0.05, 0.1) is 6.04 Å². The Balaban J connectivity index is 1.92. The third kappa shape index (κ3) is 1.32. The molecular formula is C15H19N3. The van der Waals surface area contributed by atoms with Crippen molar-refractivity contribution in [2.75, 3.05) is 6.54 Å². The first-order valence-electron chi connectivity index (χ1n) is 6.85. The van der Waals surface area contributed by atoms with Crippen molar-refractivity contribution in [3.63, 3.8) is 0 Å². The second kappa shape index (κ2) is 3.59. The Kier molecular flexibility index (Phi) is 2.11. The van der Waals surface area contributed by atoms with Crippen LogP contribution in [0.4, 0.5) is 0 Å². The first kappa shape index (κ1) is 10.6. The highest BCUT2D eigenvalue weighted by Gasteiger charge is 2.40. The van der Waals surface area contributed by atoms with Gasteiger partial charge in [0.15, 0.2) is 0 Å².